The van der Waals surface area contributed by atoms with Crippen LogP contribution >= 0.6 is 22.6 Å². The summed E-state index contributed by atoms with van der Waals surface area (Å²) >= 11 is 2.20. The van der Waals surface area contributed by atoms with Gasteiger partial charge in [-0.3, -0.25) is 4.79 Å². The lowest BCUT2D eigenvalue weighted by molar-refractivity contribution is -0.116. The maximum Gasteiger partial charge on any atom is 0.244 e. The number of carbonyl (C=O) groups is 1. The first-order chi connectivity index (χ1) is 14.2. The first kappa shape index (κ1) is 23.2. The molecule has 1 saturated carbocycles. The summed E-state index contributed by atoms with van der Waals surface area (Å²) < 4.78 is 30.0. The molecule has 1 N–H and O–H groups in total. The normalized spacial score (nSPS) is 15.4. The number of anilines is 1. The van der Waals surface area contributed by atoms with Gasteiger partial charge in [0.2, 0.25) is 15.9 Å². The molecule has 3 rings (SSSR count). The van der Waals surface area contributed by atoms with Crippen LogP contribution in [0.3, 0.4) is 0 Å². The van der Waals surface area contributed by atoms with E-state index in [1.165, 1.54) is 4.31 Å². The lowest BCUT2D eigenvalue weighted by atomic mass is 9.95. The number of nitrogens with one attached hydrogen (secondary N) is 1. The van der Waals surface area contributed by atoms with Crippen molar-refractivity contribution in [1.29, 1.82) is 0 Å². The van der Waals surface area contributed by atoms with Gasteiger partial charge in [-0.2, -0.15) is 4.31 Å². The van der Waals surface area contributed by atoms with Crippen molar-refractivity contribution in [3.63, 3.8) is 0 Å². The third kappa shape index (κ3) is 5.42. The van der Waals surface area contributed by atoms with Gasteiger partial charge in [-0.15, -0.1) is 0 Å². The number of hydrogen-bond acceptors (Lipinski definition) is 3. The Balaban J connectivity index is 1.92. The van der Waals surface area contributed by atoms with Gasteiger partial charge in [0.05, 0.1) is 11.4 Å². The number of hydrogen-bond donors (Lipinski definition) is 1. The zero-order valence-electron chi connectivity index (χ0n) is 17.7. The lowest BCUT2D eigenvalue weighted by Gasteiger charge is -2.33. The summed E-state index contributed by atoms with van der Waals surface area (Å²) in [6.07, 6.45) is 4.67. The van der Waals surface area contributed by atoms with Gasteiger partial charge in [-0.25, -0.2) is 8.42 Å². The van der Waals surface area contributed by atoms with Gasteiger partial charge in [0.1, 0.15) is 0 Å². The van der Waals surface area contributed by atoms with Gasteiger partial charge < -0.3 is 5.32 Å². The van der Waals surface area contributed by atoms with E-state index >= 15 is 0 Å². The summed E-state index contributed by atoms with van der Waals surface area (Å²) in [6.45, 7) is 5.45. The van der Waals surface area contributed by atoms with Crippen LogP contribution in [-0.2, 0) is 14.8 Å². The minimum absolute atomic E-state index is 0.147. The molecule has 0 saturated heterocycles. The van der Waals surface area contributed by atoms with Crippen molar-refractivity contribution >= 4 is 44.2 Å². The van der Waals surface area contributed by atoms with E-state index < -0.39 is 10.0 Å². The maximum atomic E-state index is 13.8. The third-order valence-corrected chi connectivity index (χ3v) is 8.50. The third-order valence-electron chi connectivity index (χ3n) is 5.58. The topological polar surface area (TPSA) is 66.5 Å². The molecule has 0 atom stereocenters. The molecule has 0 spiro atoms. The van der Waals surface area contributed by atoms with Crippen molar-refractivity contribution in [2.45, 2.75) is 63.8 Å². The van der Waals surface area contributed by atoms with Gasteiger partial charge in [-0.05, 0) is 91.6 Å². The van der Waals surface area contributed by atoms with Gasteiger partial charge in [-0.1, -0.05) is 37.0 Å². The van der Waals surface area contributed by atoms with E-state index in [4.69, 9.17) is 0 Å². The summed E-state index contributed by atoms with van der Waals surface area (Å²) in [5.74, 6) is -0.312. The molecule has 1 aliphatic rings. The highest BCUT2D eigenvalue weighted by atomic mass is 127. The van der Waals surface area contributed by atoms with Crippen molar-refractivity contribution in [3.8, 4) is 0 Å². The Morgan fingerprint density at radius 2 is 1.60 bits per heavy atom. The molecule has 0 unspecified atom stereocenters. The number of amides is 1. The number of sulfonamides is 1. The van der Waals surface area contributed by atoms with Crippen LogP contribution in [0.25, 0.3) is 0 Å². The molecule has 2 aromatic carbocycles. The zero-order chi connectivity index (χ0) is 21.9. The van der Waals surface area contributed by atoms with E-state index in [1.54, 1.807) is 0 Å². The molecule has 7 heteroatoms. The molecule has 5 nitrogen and oxygen atoms in total. The van der Waals surface area contributed by atoms with E-state index in [0.29, 0.717) is 10.6 Å². The first-order valence-corrected chi connectivity index (χ1v) is 12.9. The van der Waals surface area contributed by atoms with Gasteiger partial charge >= 0.3 is 0 Å². The Bertz CT molecular complexity index is 990. The summed E-state index contributed by atoms with van der Waals surface area (Å²) in [6, 6.07) is 11.1. The summed E-state index contributed by atoms with van der Waals surface area (Å²) in [4.78, 5) is 13.2. The van der Waals surface area contributed by atoms with Crippen molar-refractivity contribution in [1.82, 2.24) is 4.31 Å². The molecule has 1 aliphatic carbocycles. The van der Waals surface area contributed by atoms with Crippen molar-refractivity contribution in [2.24, 2.45) is 0 Å². The molecule has 162 valence electrons. The van der Waals surface area contributed by atoms with E-state index in [9.17, 15) is 13.2 Å². The number of benzene rings is 2. The summed E-state index contributed by atoms with van der Waals surface area (Å²) in [5, 5.41) is 2.85. The SMILES string of the molecule is Cc1cc(C)c(S(=O)(=O)N(CC(=O)Nc2ccc(I)cc2)C2CCCCC2)c(C)c1. The first-order valence-electron chi connectivity index (χ1n) is 10.3. The van der Waals surface area contributed by atoms with Crippen molar-refractivity contribution in [3.05, 3.63) is 56.7 Å². The van der Waals surface area contributed by atoms with Crippen molar-refractivity contribution in [2.75, 3.05) is 11.9 Å². The Kier molecular flexibility index (Phi) is 7.57. The highest BCUT2D eigenvalue weighted by Crippen LogP contribution is 2.31. The fourth-order valence-corrected chi connectivity index (χ4v) is 6.76. The Morgan fingerprint density at radius 1 is 1.03 bits per heavy atom. The fourth-order valence-electron chi connectivity index (χ4n) is 4.35. The molecule has 0 bridgehead atoms. The van der Waals surface area contributed by atoms with Crippen LogP contribution in [0.2, 0.25) is 0 Å². The predicted octanol–water partition coefficient (Wildman–Crippen LogP) is 5.18. The van der Waals surface area contributed by atoms with Crippen LogP contribution in [-0.4, -0.2) is 31.2 Å². The zero-order valence-corrected chi connectivity index (χ0v) is 20.7. The minimum Gasteiger partial charge on any atom is -0.325 e. The van der Waals surface area contributed by atoms with Crippen LogP contribution in [0.15, 0.2) is 41.3 Å². The van der Waals surface area contributed by atoms with E-state index in [1.807, 2.05) is 57.2 Å². The number of nitrogens with zero attached hydrogens (tertiary/aromatic N) is 1. The minimum atomic E-state index is -3.80. The number of carbonyl (C=O) groups excluding carboxylic acids is 1. The fraction of sp³-hybridized carbons (Fsp3) is 0.435. The second kappa shape index (κ2) is 9.78. The van der Waals surface area contributed by atoms with Crippen LogP contribution in [0.1, 0.15) is 48.8 Å². The van der Waals surface area contributed by atoms with Gasteiger partial charge in [0.15, 0.2) is 0 Å². The van der Waals surface area contributed by atoms with Crippen LogP contribution in [0, 0.1) is 24.3 Å². The molecule has 0 radical (unpaired) electrons. The highest BCUT2D eigenvalue weighted by Gasteiger charge is 2.35. The predicted molar refractivity (Wildman–Crippen MR) is 129 cm³/mol. The molecule has 0 heterocycles. The Labute approximate surface area is 193 Å². The monoisotopic (exact) mass is 540 g/mol. The standard InChI is InChI=1S/C23H29IN2O3S/c1-16-13-17(2)23(18(3)14-16)30(28,29)26(21-7-5-4-6-8-21)15-22(27)25-20-11-9-19(24)10-12-20/h9-14,21H,4-8,15H2,1-3H3,(H,25,27). The summed E-state index contributed by atoms with van der Waals surface area (Å²) in [7, 11) is -3.80. The Morgan fingerprint density at radius 3 is 2.17 bits per heavy atom. The Hall–Kier alpha value is -1.45. The smallest absolute Gasteiger partial charge is 0.244 e. The quantitative estimate of drug-likeness (QED) is 0.514. The number of rotatable bonds is 6. The molecular weight excluding hydrogens is 511 g/mol. The molecular formula is C23H29IN2O3S. The van der Waals surface area contributed by atoms with Crippen LogP contribution in [0.5, 0.6) is 0 Å². The largest absolute Gasteiger partial charge is 0.325 e. The van der Waals surface area contributed by atoms with E-state index in [-0.39, 0.29) is 18.5 Å². The second-order valence-electron chi connectivity index (χ2n) is 8.13. The molecule has 2 aromatic rings. The molecule has 1 amide bonds. The van der Waals surface area contributed by atoms with Gasteiger partial charge in [0, 0.05) is 15.3 Å². The van der Waals surface area contributed by atoms with Crippen LogP contribution in [0.4, 0.5) is 5.69 Å². The van der Waals surface area contributed by atoms with E-state index in [2.05, 4.69) is 27.9 Å². The van der Waals surface area contributed by atoms with Crippen LogP contribution < -0.4 is 5.32 Å². The molecule has 0 aromatic heterocycles. The average molecular weight is 540 g/mol. The van der Waals surface area contributed by atoms with Crippen molar-refractivity contribution < 1.29 is 13.2 Å². The molecule has 30 heavy (non-hydrogen) atoms. The van der Waals surface area contributed by atoms with Gasteiger partial charge in [0.25, 0.3) is 0 Å². The number of aryl methyl sites for hydroxylation is 3. The highest BCUT2D eigenvalue weighted by molar-refractivity contribution is 14.1. The molecule has 1 fully saturated rings. The maximum absolute atomic E-state index is 13.8. The molecule has 0 aliphatic heterocycles. The summed E-state index contributed by atoms with van der Waals surface area (Å²) in [5.41, 5.74) is 3.16. The average Bonchev–Trinajstić information content (AvgIpc) is 2.67. The second-order valence-corrected chi connectivity index (χ2v) is 11.2. The van der Waals surface area contributed by atoms with E-state index in [0.717, 1.165) is 52.4 Å². The lowest BCUT2D eigenvalue weighted by Crippen LogP contribution is -2.46. The number of halogens is 1.